The molecule has 18 heavy (non-hydrogen) atoms. The first kappa shape index (κ1) is 15.4. The van der Waals surface area contributed by atoms with E-state index in [4.69, 9.17) is 4.74 Å². The fraction of sp³-hybridized carbons (Fsp3) is 0.929. The molecule has 0 radical (unpaired) electrons. The highest BCUT2D eigenvalue weighted by Crippen LogP contribution is 2.16. The van der Waals surface area contributed by atoms with Crippen molar-refractivity contribution in [1.29, 1.82) is 0 Å². The van der Waals surface area contributed by atoms with Crippen LogP contribution in [0.25, 0.3) is 0 Å². The van der Waals surface area contributed by atoms with Gasteiger partial charge in [-0.25, -0.2) is 0 Å². The van der Waals surface area contributed by atoms with Crippen LogP contribution in [0.15, 0.2) is 0 Å². The Morgan fingerprint density at radius 1 is 1.28 bits per heavy atom. The third-order valence-electron chi connectivity index (χ3n) is 3.75. The van der Waals surface area contributed by atoms with Crippen LogP contribution in [-0.4, -0.2) is 61.1 Å². The lowest BCUT2D eigenvalue weighted by atomic mass is 10.1. The zero-order valence-corrected chi connectivity index (χ0v) is 12.3. The molecule has 0 aliphatic carbocycles. The van der Waals surface area contributed by atoms with Gasteiger partial charge in [-0.3, -0.25) is 9.69 Å². The molecule has 1 aliphatic heterocycles. The molecular weight excluding hydrogens is 228 g/mol. The molecule has 2 unspecified atom stereocenters. The van der Waals surface area contributed by atoms with E-state index in [0.29, 0.717) is 24.4 Å². The Bertz CT molecular complexity index is 246. The number of rotatable bonds is 6. The smallest absolute Gasteiger partial charge is 0.222 e. The van der Waals surface area contributed by atoms with Crippen molar-refractivity contribution in [2.75, 3.05) is 33.4 Å². The number of nitrogens with zero attached hydrogens (tertiary/aromatic N) is 2. The van der Waals surface area contributed by atoms with Gasteiger partial charge in [0.2, 0.25) is 5.91 Å². The highest BCUT2D eigenvalue weighted by atomic mass is 16.5. The monoisotopic (exact) mass is 256 g/mol. The lowest BCUT2D eigenvalue weighted by molar-refractivity contribution is -0.135. The third kappa shape index (κ3) is 4.25. The van der Waals surface area contributed by atoms with Crippen LogP contribution in [0.4, 0.5) is 0 Å². The minimum atomic E-state index is 0.321. The van der Waals surface area contributed by atoms with E-state index >= 15 is 0 Å². The minimum Gasteiger partial charge on any atom is -0.383 e. The quantitative estimate of drug-likeness (QED) is 0.726. The largest absolute Gasteiger partial charge is 0.383 e. The maximum Gasteiger partial charge on any atom is 0.222 e. The van der Waals surface area contributed by atoms with Crippen LogP contribution in [0, 0.1) is 0 Å². The van der Waals surface area contributed by atoms with Crippen LogP contribution in [0.1, 0.15) is 40.0 Å². The summed E-state index contributed by atoms with van der Waals surface area (Å²) >= 11 is 0. The molecule has 0 saturated carbocycles. The molecule has 0 aromatic rings. The lowest BCUT2D eigenvalue weighted by Gasteiger charge is -2.44. The van der Waals surface area contributed by atoms with Gasteiger partial charge >= 0.3 is 0 Å². The summed E-state index contributed by atoms with van der Waals surface area (Å²) in [5.74, 6) is 0.321. The average Bonchev–Trinajstić information content (AvgIpc) is 2.34. The van der Waals surface area contributed by atoms with Crippen molar-refractivity contribution < 1.29 is 9.53 Å². The second-order valence-electron chi connectivity index (χ2n) is 5.33. The van der Waals surface area contributed by atoms with Crippen LogP contribution in [0.2, 0.25) is 0 Å². The molecule has 106 valence electrons. The summed E-state index contributed by atoms with van der Waals surface area (Å²) in [6, 6.07) is 0.851. The van der Waals surface area contributed by atoms with E-state index in [2.05, 4.69) is 25.7 Å². The Labute approximate surface area is 111 Å². The van der Waals surface area contributed by atoms with Gasteiger partial charge in [0.05, 0.1) is 6.61 Å². The first-order valence-electron chi connectivity index (χ1n) is 7.12. The SMILES string of the molecule is CCCCC(=O)N1CC(C)N(CCOC)C(C)C1. The number of carbonyl (C=O) groups excluding carboxylic acids is 1. The number of amides is 1. The van der Waals surface area contributed by atoms with E-state index in [-0.39, 0.29) is 0 Å². The molecule has 1 saturated heterocycles. The molecule has 1 fully saturated rings. The Hall–Kier alpha value is -0.610. The number of methoxy groups -OCH3 is 1. The van der Waals surface area contributed by atoms with Crippen molar-refractivity contribution in [3.63, 3.8) is 0 Å². The summed E-state index contributed by atoms with van der Waals surface area (Å²) in [6.45, 7) is 9.96. The number of piperazine rings is 1. The first-order valence-corrected chi connectivity index (χ1v) is 7.12. The summed E-state index contributed by atoms with van der Waals surface area (Å²) in [6.07, 6.45) is 2.80. The van der Waals surface area contributed by atoms with Crippen molar-refractivity contribution in [1.82, 2.24) is 9.80 Å². The average molecular weight is 256 g/mol. The van der Waals surface area contributed by atoms with E-state index in [0.717, 1.165) is 39.1 Å². The maximum atomic E-state index is 12.1. The van der Waals surface area contributed by atoms with E-state index in [1.807, 2.05) is 4.90 Å². The topological polar surface area (TPSA) is 32.8 Å². The predicted molar refractivity (Wildman–Crippen MR) is 73.6 cm³/mol. The molecule has 2 atom stereocenters. The molecule has 4 nitrogen and oxygen atoms in total. The van der Waals surface area contributed by atoms with Gasteiger partial charge in [0.15, 0.2) is 0 Å². The van der Waals surface area contributed by atoms with Crippen molar-refractivity contribution >= 4 is 5.91 Å². The lowest BCUT2D eigenvalue weighted by Crippen LogP contribution is -2.58. The second-order valence-corrected chi connectivity index (χ2v) is 5.33. The predicted octanol–water partition coefficient (Wildman–Crippen LogP) is 1.74. The summed E-state index contributed by atoms with van der Waals surface area (Å²) in [7, 11) is 1.74. The number of unbranched alkanes of at least 4 members (excludes halogenated alkanes) is 1. The molecule has 0 aromatic heterocycles. The summed E-state index contributed by atoms with van der Waals surface area (Å²) in [5.41, 5.74) is 0. The zero-order chi connectivity index (χ0) is 13.5. The van der Waals surface area contributed by atoms with Crippen molar-refractivity contribution in [3.8, 4) is 0 Å². The van der Waals surface area contributed by atoms with Gasteiger partial charge in [0, 0.05) is 45.2 Å². The Balaban J connectivity index is 2.47. The van der Waals surface area contributed by atoms with E-state index < -0.39 is 0 Å². The fourth-order valence-corrected chi connectivity index (χ4v) is 2.68. The van der Waals surface area contributed by atoms with E-state index in [1.54, 1.807) is 7.11 Å². The van der Waals surface area contributed by atoms with Crippen LogP contribution >= 0.6 is 0 Å². The standard InChI is InChI=1S/C14H28N2O2/c1-5-6-7-14(17)15-10-12(2)16(8-9-18-4)13(3)11-15/h12-13H,5-11H2,1-4H3. The molecule has 0 aromatic carbocycles. The highest BCUT2D eigenvalue weighted by molar-refractivity contribution is 5.76. The van der Waals surface area contributed by atoms with Crippen LogP contribution < -0.4 is 0 Å². The molecule has 4 heteroatoms. The number of carbonyl (C=O) groups is 1. The summed E-state index contributed by atoms with van der Waals surface area (Å²) in [5, 5.41) is 0. The second kappa shape index (κ2) is 7.74. The number of hydrogen-bond donors (Lipinski definition) is 0. The third-order valence-corrected chi connectivity index (χ3v) is 3.75. The number of hydrogen-bond acceptors (Lipinski definition) is 3. The molecule has 1 rings (SSSR count). The van der Waals surface area contributed by atoms with Crippen molar-refractivity contribution in [2.24, 2.45) is 0 Å². The van der Waals surface area contributed by atoms with Gasteiger partial charge in [-0.2, -0.15) is 0 Å². The highest BCUT2D eigenvalue weighted by Gasteiger charge is 2.30. The first-order chi connectivity index (χ1) is 8.60. The van der Waals surface area contributed by atoms with Crippen molar-refractivity contribution in [3.05, 3.63) is 0 Å². The number of ether oxygens (including phenoxy) is 1. The maximum absolute atomic E-state index is 12.1. The Kier molecular flexibility index (Phi) is 6.65. The normalized spacial score (nSPS) is 25.4. The minimum absolute atomic E-state index is 0.321. The summed E-state index contributed by atoms with van der Waals surface area (Å²) in [4.78, 5) is 16.5. The Morgan fingerprint density at radius 2 is 1.89 bits per heavy atom. The molecular formula is C14H28N2O2. The van der Waals surface area contributed by atoms with Gasteiger partial charge in [-0.15, -0.1) is 0 Å². The van der Waals surface area contributed by atoms with Crippen LogP contribution in [0.3, 0.4) is 0 Å². The Morgan fingerprint density at radius 3 is 2.39 bits per heavy atom. The van der Waals surface area contributed by atoms with Crippen LogP contribution in [-0.2, 0) is 9.53 Å². The van der Waals surface area contributed by atoms with E-state index in [9.17, 15) is 4.79 Å². The molecule has 1 heterocycles. The van der Waals surface area contributed by atoms with E-state index in [1.165, 1.54) is 0 Å². The summed E-state index contributed by atoms with van der Waals surface area (Å²) < 4.78 is 5.15. The van der Waals surface area contributed by atoms with Gasteiger partial charge in [-0.05, 0) is 20.3 Å². The molecule has 1 amide bonds. The van der Waals surface area contributed by atoms with Crippen LogP contribution in [0.5, 0.6) is 0 Å². The molecule has 1 aliphatic rings. The van der Waals surface area contributed by atoms with Gasteiger partial charge < -0.3 is 9.64 Å². The molecule has 0 N–H and O–H groups in total. The van der Waals surface area contributed by atoms with Gasteiger partial charge in [0.25, 0.3) is 0 Å². The fourth-order valence-electron chi connectivity index (χ4n) is 2.68. The molecule has 0 bridgehead atoms. The molecule has 0 spiro atoms. The van der Waals surface area contributed by atoms with Crippen molar-refractivity contribution in [2.45, 2.75) is 52.1 Å². The van der Waals surface area contributed by atoms with Gasteiger partial charge in [-0.1, -0.05) is 13.3 Å². The zero-order valence-electron chi connectivity index (χ0n) is 12.3. The van der Waals surface area contributed by atoms with Gasteiger partial charge in [0.1, 0.15) is 0 Å².